The topological polar surface area (TPSA) is 60.8 Å². The Morgan fingerprint density at radius 2 is 1.37 bits per heavy atom. The lowest BCUT2D eigenvalue weighted by Gasteiger charge is -2.32. The van der Waals surface area contributed by atoms with Crippen LogP contribution in [0.5, 0.6) is 0 Å². The van der Waals surface area contributed by atoms with Crippen molar-refractivity contribution >= 4 is 17.1 Å². The Labute approximate surface area is 182 Å². The molecular weight excluding hydrogens is 394 g/mol. The van der Waals surface area contributed by atoms with E-state index in [0.717, 1.165) is 27.3 Å². The molecule has 0 aliphatic rings. The van der Waals surface area contributed by atoms with Crippen LogP contribution in [0.2, 0.25) is 0 Å². The standard InChI is InChI=1S/C25H29NO3S/c1-18(15-22-13-14-25(30-22)19(2)27)26(16-23(28)20-9-5-3-6-10-20)17-24(29)21-11-7-4-8-12-21/h3-14,18,23-24,28-29H,15-17H2,1-2H3/t18-,23+,24+/m0/s1. The molecule has 0 amide bonds. The number of carbonyl (C=O) groups excluding carboxylic acids is 1. The van der Waals surface area contributed by atoms with Crippen molar-refractivity contribution in [1.82, 2.24) is 4.90 Å². The Kier molecular flexibility index (Phi) is 7.94. The monoisotopic (exact) mass is 423 g/mol. The van der Waals surface area contributed by atoms with Crippen molar-refractivity contribution in [2.24, 2.45) is 0 Å². The van der Waals surface area contributed by atoms with Gasteiger partial charge in [-0.3, -0.25) is 9.69 Å². The molecule has 1 heterocycles. The third-order valence-corrected chi connectivity index (χ3v) is 6.52. The predicted octanol–water partition coefficient (Wildman–Crippen LogP) is 4.65. The molecule has 2 aromatic carbocycles. The molecule has 0 aliphatic heterocycles. The van der Waals surface area contributed by atoms with Gasteiger partial charge in [0, 0.05) is 24.0 Å². The van der Waals surface area contributed by atoms with Gasteiger partial charge in [-0.25, -0.2) is 0 Å². The maximum atomic E-state index is 11.6. The van der Waals surface area contributed by atoms with Gasteiger partial charge in [0.1, 0.15) is 0 Å². The molecule has 2 N–H and O–H groups in total. The van der Waals surface area contributed by atoms with Crippen LogP contribution in [0.15, 0.2) is 72.8 Å². The molecule has 3 rings (SSSR count). The van der Waals surface area contributed by atoms with Crippen molar-refractivity contribution in [2.45, 2.75) is 38.5 Å². The SMILES string of the molecule is CC(=O)c1ccc(C[C@H](C)N(C[C@@H](O)c2ccccc2)C[C@@H](O)c2ccccc2)s1. The molecule has 0 saturated carbocycles. The van der Waals surface area contributed by atoms with Gasteiger partial charge in [0.2, 0.25) is 0 Å². The smallest absolute Gasteiger partial charge is 0.169 e. The van der Waals surface area contributed by atoms with Gasteiger partial charge in [-0.15, -0.1) is 11.3 Å². The minimum absolute atomic E-state index is 0.0785. The van der Waals surface area contributed by atoms with Crippen LogP contribution in [-0.4, -0.2) is 40.0 Å². The number of nitrogens with zero attached hydrogens (tertiary/aromatic N) is 1. The number of aliphatic hydroxyl groups is 2. The highest BCUT2D eigenvalue weighted by molar-refractivity contribution is 7.14. The van der Waals surface area contributed by atoms with Gasteiger partial charge < -0.3 is 10.2 Å². The first-order valence-electron chi connectivity index (χ1n) is 10.2. The van der Waals surface area contributed by atoms with Gasteiger partial charge in [-0.1, -0.05) is 60.7 Å². The number of Topliss-reactive ketones (excluding diaryl/α,β-unsaturated/α-hetero) is 1. The van der Waals surface area contributed by atoms with Gasteiger partial charge in [0.05, 0.1) is 17.1 Å². The first-order chi connectivity index (χ1) is 14.4. The Morgan fingerprint density at radius 1 is 0.867 bits per heavy atom. The van der Waals surface area contributed by atoms with Crippen LogP contribution in [0.4, 0.5) is 0 Å². The molecule has 4 nitrogen and oxygen atoms in total. The van der Waals surface area contributed by atoms with Crippen LogP contribution in [0.25, 0.3) is 0 Å². The molecule has 0 bridgehead atoms. The first-order valence-corrected chi connectivity index (χ1v) is 11.1. The summed E-state index contributed by atoms with van der Waals surface area (Å²) in [5.41, 5.74) is 1.72. The highest BCUT2D eigenvalue weighted by Gasteiger charge is 2.23. The Hall–Kier alpha value is -2.31. The van der Waals surface area contributed by atoms with E-state index >= 15 is 0 Å². The molecular formula is C25H29NO3S. The van der Waals surface area contributed by atoms with Crippen molar-refractivity contribution in [3.8, 4) is 0 Å². The van der Waals surface area contributed by atoms with Crippen molar-refractivity contribution in [3.63, 3.8) is 0 Å². The summed E-state index contributed by atoms with van der Waals surface area (Å²) >= 11 is 1.52. The molecule has 0 spiro atoms. The number of benzene rings is 2. The van der Waals surface area contributed by atoms with Crippen LogP contribution in [0, 0.1) is 0 Å². The molecule has 0 saturated heterocycles. The Balaban J connectivity index is 1.75. The second kappa shape index (κ2) is 10.6. The maximum absolute atomic E-state index is 11.6. The number of hydrogen-bond acceptors (Lipinski definition) is 5. The molecule has 158 valence electrons. The molecule has 0 aliphatic carbocycles. The predicted molar refractivity (Wildman–Crippen MR) is 122 cm³/mol. The van der Waals surface area contributed by atoms with Crippen LogP contribution < -0.4 is 0 Å². The first kappa shape index (κ1) is 22.4. The van der Waals surface area contributed by atoms with Gasteiger partial charge in [-0.2, -0.15) is 0 Å². The highest BCUT2D eigenvalue weighted by atomic mass is 32.1. The summed E-state index contributed by atoms with van der Waals surface area (Å²) in [6.07, 6.45) is -0.540. The van der Waals surface area contributed by atoms with Gasteiger partial charge in [-0.05, 0) is 43.5 Å². The number of aliphatic hydroxyl groups excluding tert-OH is 2. The molecule has 3 atom stereocenters. The number of hydrogen-bond donors (Lipinski definition) is 2. The van der Waals surface area contributed by atoms with Gasteiger partial charge in [0.15, 0.2) is 5.78 Å². The Morgan fingerprint density at radius 3 is 1.80 bits per heavy atom. The summed E-state index contributed by atoms with van der Waals surface area (Å²) in [6.45, 7) is 4.51. The van der Waals surface area contributed by atoms with E-state index in [9.17, 15) is 15.0 Å². The molecule has 30 heavy (non-hydrogen) atoms. The third-order valence-electron chi connectivity index (χ3n) is 5.31. The van der Waals surface area contributed by atoms with Crippen LogP contribution in [0.1, 0.15) is 51.7 Å². The van der Waals surface area contributed by atoms with Gasteiger partial charge >= 0.3 is 0 Å². The van der Waals surface area contributed by atoms with Crippen LogP contribution >= 0.6 is 11.3 Å². The quantitative estimate of drug-likeness (QED) is 0.466. The van der Waals surface area contributed by atoms with E-state index in [1.807, 2.05) is 72.8 Å². The lowest BCUT2D eigenvalue weighted by molar-refractivity contribution is 0.0482. The number of rotatable bonds is 10. The van der Waals surface area contributed by atoms with Crippen molar-refractivity contribution < 1.29 is 15.0 Å². The van der Waals surface area contributed by atoms with Crippen LogP contribution in [-0.2, 0) is 6.42 Å². The van der Waals surface area contributed by atoms with E-state index in [4.69, 9.17) is 0 Å². The van der Waals surface area contributed by atoms with E-state index < -0.39 is 12.2 Å². The fourth-order valence-corrected chi connectivity index (χ4v) is 4.56. The minimum Gasteiger partial charge on any atom is -0.387 e. The number of thiophene rings is 1. The van der Waals surface area contributed by atoms with E-state index in [1.165, 1.54) is 11.3 Å². The molecule has 3 aromatic rings. The number of ketones is 1. The second-order valence-corrected chi connectivity index (χ2v) is 8.85. The van der Waals surface area contributed by atoms with E-state index in [2.05, 4.69) is 11.8 Å². The molecule has 1 aromatic heterocycles. The van der Waals surface area contributed by atoms with E-state index in [0.29, 0.717) is 13.1 Å². The lowest BCUT2D eigenvalue weighted by Crippen LogP contribution is -2.40. The molecule has 0 radical (unpaired) electrons. The fraction of sp³-hybridized carbons (Fsp3) is 0.320. The summed E-state index contributed by atoms with van der Waals surface area (Å²) in [7, 11) is 0. The summed E-state index contributed by atoms with van der Waals surface area (Å²) in [6, 6.07) is 23.1. The van der Waals surface area contributed by atoms with E-state index in [-0.39, 0.29) is 11.8 Å². The largest absolute Gasteiger partial charge is 0.387 e. The summed E-state index contributed by atoms with van der Waals surface area (Å²) in [5.74, 6) is 0.0785. The van der Waals surface area contributed by atoms with Crippen molar-refractivity contribution in [3.05, 3.63) is 93.7 Å². The average molecular weight is 424 g/mol. The average Bonchev–Trinajstić information content (AvgIpc) is 3.23. The lowest BCUT2D eigenvalue weighted by atomic mass is 10.0. The molecule has 0 fully saturated rings. The zero-order chi connectivity index (χ0) is 21.5. The minimum atomic E-state index is -0.646. The normalized spacial score (nSPS) is 14.4. The highest BCUT2D eigenvalue weighted by Crippen LogP contribution is 2.24. The zero-order valence-corrected chi connectivity index (χ0v) is 18.3. The van der Waals surface area contributed by atoms with E-state index in [1.54, 1.807) is 6.92 Å². The number of carbonyl (C=O) groups is 1. The molecule has 0 unspecified atom stereocenters. The third kappa shape index (κ3) is 6.09. The maximum Gasteiger partial charge on any atom is 0.169 e. The summed E-state index contributed by atoms with van der Waals surface area (Å²) < 4.78 is 0. The Bertz CT molecular complexity index is 878. The second-order valence-electron chi connectivity index (χ2n) is 7.68. The fourth-order valence-electron chi connectivity index (χ4n) is 3.54. The van der Waals surface area contributed by atoms with Crippen LogP contribution in [0.3, 0.4) is 0 Å². The molecule has 5 heteroatoms. The van der Waals surface area contributed by atoms with Gasteiger partial charge in [0.25, 0.3) is 0 Å². The summed E-state index contributed by atoms with van der Waals surface area (Å²) in [5, 5.41) is 21.6. The summed E-state index contributed by atoms with van der Waals surface area (Å²) in [4.78, 5) is 15.6. The van der Waals surface area contributed by atoms with Crippen molar-refractivity contribution in [1.29, 1.82) is 0 Å². The zero-order valence-electron chi connectivity index (χ0n) is 17.4. The van der Waals surface area contributed by atoms with Crippen molar-refractivity contribution in [2.75, 3.05) is 13.1 Å².